The third-order valence-corrected chi connectivity index (χ3v) is 13.7. The number of benzene rings is 1. The van der Waals surface area contributed by atoms with Crippen molar-refractivity contribution in [1.29, 1.82) is 0 Å². The number of carbonyl (C=O) groups is 5. The molecular weight excluding hydrogens is 809 g/mol. The number of ether oxygens (including phenoxy) is 3. The molecule has 2 fully saturated rings. The largest absolute Gasteiger partial charge is 0.444 e. The van der Waals surface area contributed by atoms with Gasteiger partial charge in [0.2, 0.25) is 23.6 Å². The van der Waals surface area contributed by atoms with Crippen LogP contribution in [0.1, 0.15) is 124 Å². The predicted molar refractivity (Wildman–Crippen MR) is 241 cm³/mol. The third-order valence-electron chi connectivity index (χ3n) is 12.8. The molecular formula is C47H74N6O8S. The van der Waals surface area contributed by atoms with E-state index in [0.717, 1.165) is 29.8 Å². The highest BCUT2D eigenvalue weighted by atomic mass is 32.1. The number of carbonyl (C=O) groups excluding carboxylic acids is 5. The van der Waals surface area contributed by atoms with Crippen LogP contribution in [0.3, 0.4) is 0 Å². The second kappa shape index (κ2) is 22.5. The zero-order valence-electron chi connectivity index (χ0n) is 39.3. The Bertz CT molecular complexity index is 1770. The number of hydrogen-bond donors (Lipinski definition) is 2. The first kappa shape index (κ1) is 50.6. The van der Waals surface area contributed by atoms with Crippen LogP contribution in [0.5, 0.6) is 0 Å². The molecule has 0 radical (unpaired) electrons. The Morgan fingerprint density at radius 2 is 1.68 bits per heavy atom. The lowest BCUT2D eigenvalue weighted by Gasteiger charge is -2.45. The molecule has 0 saturated carbocycles. The number of amides is 5. The summed E-state index contributed by atoms with van der Waals surface area (Å²) < 4.78 is 17.8. The monoisotopic (exact) mass is 883 g/mol. The van der Waals surface area contributed by atoms with E-state index in [9.17, 15) is 24.0 Å². The molecule has 2 aliphatic rings. The average Bonchev–Trinajstić information content (AvgIpc) is 3.95. The quantitative estimate of drug-likeness (QED) is 0.155. The van der Waals surface area contributed by atoms with E-state index < -0.39 is 53.3 Å². The zero-order valence-corrected chi connectivity index (χ0v) is 40.1. The van der Waals surface area contributed by atoms with Gasteiger partial charge in [0.05, 0.1) is 42.7 Å². The maximum atomic E-state index is 14.6. The lowest BCUT2D eigenvalue weighted by molar-refractivity contribution is -0.148. The van der Waals surface area contributed by atoms with Gasteiger partial charge >= 0.3 is 6.09 Å². The highest BCUT2D eigenvalue weighted by Crippen LogP contribution is 2.33. The van der Waals surface area contributed by atoms with E-state index >= 15 is 0 Å². The van der Waals surface area contributed by atoms with Gasteiger partial charge in [0.1, 0.15) is 22.2 Å². The summed E-state index contributed by atoms with van der Waals surface area (Å²) in [5, 5.41) is 8.99. The summed E-state index contributed by atoms with van der Waals surface area (Å²) in [6, 6.07) is 7.89. The number of methoxy groups -OCH3 is 2. The standard InChI is InChI=1S/C47H74N6O8S/c1-13-31(4)39(51(10)43(56)38(30(2)3)50-44(57)47(9)23-17-18-26-53(47)45(58)61-46(6,7)8)36(59-11)29-37(54)52-25-19-22-35(52)40(60-12)32(5)41(55)49-34(42-48-24-27-62-42)28-33-20-15-14-16-21-33/h14-16,20-21,24,27,30-32,34-36,38-40H,13,17-19,22-23,25-26,28-29H2,1-12H3,(H,49,55)(H,50,57)/t31?,32?,34?,35-,36+,38-,39?,40?,47-/m0/s1. The van der Waals surface area contributed by atoms with E-state index in [0.29, 0.717) is 38.8 Å². The van der Waals surface area contributed by atoms with Crippen LogP contribution in [0.2, 0.25) is 0 Å². The molecule has 2 saturated heterocycles. The summed E-state index contributed by atoms with van der Waals surface area (Å²) in [4.78, 5) is 80.0. The van der Waals surface area contributed by atoms with Gasteiger partial charge in [-0.3, -0.25) is 24.1 Å². The van der Waals surface area contributed by atoms with Crippen LogP contribution in [0.25, 0.3) is 0 Å². The minimum atomic E-state index is -1.21. The fraction of sp³-hybridized carbons (Fsp3) is 0.702. The Morgan fingerprint density at radius 3 is 2.26 bits per heavy atom. The second-order valence-electron chi connectivity index (χ2n) is 18.8. The Labute approximate surface area is 374 Å². The maximum Gasteiger partial charge on any atom is 0.411 e. The molecule has 2 aromatic rings. The van der Waals surface area contributed by atoms with Crippen molar-refractivity contribution in [3.8, 4) is 0 Å². The van der Waals surface area contributed by atoms with E-state index in [2.05, 4.69) is 15.6 Å². The normalized spacial score (nSPS) is 21.6. The van der Waals surface area contributed by atoms with Crippen LogP contribution in [0.4, 0.5) is 4.79 Å². The summed E-state index contributed by atoms with van der Waals surface area (Å²) in [6.07, 6.45) is 4.58. The fourth-order valence-electron chi connectivity index (χ4n) is 9.06. The summed E-state index contributed by atoms with van der Waals surface area (Å²) >= 11 is 1.50. The number of aromatic nitrogens is 1. The second-order valence-corrected chi connectivity index (χ2v) is 19.7. The van der Waals surface area contributed by atoms with Gasteiger partial charge < -0.3 is 34.6 Å². The van der Waals surface area contributed by atoms with Gasteiger partial charge in [0.15, 0.2) is 0 Å². The van der Waals surface area contributed by atoms with Crippen molar-refractivity contribution in [3.05, 3.63) is 52.5 Å². The minimum Gasteiger partial charge on any atom is -0.444 e. The molecule has 15 heteroatoms. The Kier molecular flexibility index (Phi) is 18.4. The van der Waals surface area contributed by atoms with Crippen LogP contribution < -0.4 is 10.6 Å². The molecule has 0 spiro atoms. The van der Waals surface area contributed by atoms with Crippen molar-refractivity contribution in [1.82, 2.24) is 30.3 Å². The van der Waals surface area contributed by atoms with Crippen molar-refractivity contribution in [3.63, 3.8) is 0 Å². The number of nitrogens with one attached hydrogen (secondary N) is 2. The lowest BCUT2D eigenvalue weighted by Crippen LogP contribution is -2.65. The molecule has 14 nitrogen and oxygen atoms in total. The summed E-state index contributed by atoms with van der Waals surface area (Å²) in [5.41, 5.74) is -0.863. The molecule has 2 aliphatic heterocycles. The van der Waals surface area contributed by atoms with Crippen LogP contribution in [0.15, 0.2) is 41.9 Å². The zero-order chi connectivity index (χ0) is 45.9. The average molecular weight is 883 g/mol. The topological polar surface area (TPSA) is 160 Å². The van der Waals surface area contributed by atoms with Gasteiger partial charge in [-0.2, -0.15) is 0 Å². The summed E-state index contributed by atoms with van der Waals surface area (Å²) in [7, 11) is 4.86. The summed E-state index contributed by atoms with van der Waals surface area (Å²) in [6.45, 7) is 17.7. The number of thiazole rings is 1. The molecule has 1 aromatic carbocycles. The van der Waals surface area contributed by atoms with Crippen LogP contribution in [0, 0.1) is 17.8 Å². The SMILES string of the molecule is CCC(C)C([C@@H](CC(=O)N1CCC[C@H]1C(OC)C(C)C(=O)NC(Cc1ccccc1)c1nccs1)OC)N(C)C(=O)[C@@H](NC(=O)[C@]1(C)CCCCN1C(=O)OC(C)(C)C)C(C)C. The number of likely N-dealkylation sites (N-methyl/N-ethyl adjacent to an activating group) is 1. The van der Waals surface area contributed by atoms with Gasteiger partial charge in [-0.25, -0.2) is 9.78 Å². The van der Waals surface area contributed by atoms with E-state index in [-0.39, 0.29) is 48.1 Å². The maximum absolute atomic E-state index is 14.6. The first-order valence-electron chi connectivity index (χ1n) is 22.4. The van der Waals surface area contributed by atoms with Crippen molar-refractivity contribution < 1.29 is 38.2 Å². The lowest BCUT2D eigenvalue weighted by atomic mass is 9.86. The van der Waals surface area contributed by atoms with Gasteiger partial charge in [0, 0.05) is 45.9 Å². The Balaban J connectivity index is 1.50. The molecule has 62 heavy (non-hydrogen) atoms. The number of piperidine rings is 1. The van der Waals surface area contributed by atoms with E-state index in [4.69, 9.17) is 14.2 Å². The molecule has 2 N–H and O–H groups in total. The first-order valence-corrected chi connectivity index (χ1v) is 23.3. The molecule has 5 unspecified atom stereocenters. The highest BCUT2D eigenvalue weighted by molar-refractivity contribution is 7.09. The number of nitrogens with zero attached hydrogens (tertiary/aromatic N) is 4. The third kappa shape index (κ3) is 12.6. The van der Waals surface area contributed by atoms with E-state index in [1.807, 2.05) is 75.2 Å². The number of rotatable bonds is 19. The van der Waals surface area contributed by atoms with E-state index in [1.165, 1.54) is 16.2 Å². The molecule has 1 aromatic heterocycles. The molecule has 3 heterocycles. The van der Waals surface area contributed by atoms with Crippen molar-refractivity contribution in [2.75, 3.05) is 34.4 Å². The van der Waals surface area contributed by atoms with Crippen molar-refractivity contribution in [2.45, 2.75) is 161 Å². The van der Waals surface area contributed by atoms with Crippen molar-refractivity contribution in [2.24, 2.45) is 17.8 Å². The first-order chi connectivity index (χ1) is 29.3. The van der Waals surface area contributed by atoms with Crippen LogP contribution >= 0.6 is 11.3 Å². The van der Waals surface area contributed by atoms with Gasteiger partial charge in [-0.05, 0) is 83.6 Å². The predicted octanol–water partition coefficient (Wildman–Crippen LogP) is 6.78. The fourth-order valence-corrected chi connectivity index (χ4v) is 9.75. The molecule has 0 bridgehead atoms. The van der Waals surface area contributed by atoms with E-state index in [1.54, 1.807) is 60.1 Å². The number of likely N-dealkylation sites (tertiary alicyclic amines) is 2. The number of hydrogen-bond acceptors (Lipinski definition) is 10. The van der Waals surface area contributed by atoms with Gasteiger partial charge in [-0.1, -0.05) is 71.4 Å². The molecule has 4 rings (SSSR count). The molecule has 0 aliphatic carbocycles. The van der Waals surface area contributed by atoms with Gasteiger partial charge in [0.25, 0.3) is 0 Å². The highest BCUT2D eigenvalue weighted by Gasteiger charge is 2.48. The molecule has 5 amide bonds. The van der Waals surface area contributed by atoms with Crippen molar-refractivity contribution >= 4 is 41.1 Å². The summed E-state index contributed by atoms with van der Waals surface area (Å²) in [5.74, 6) is -1.99. The van der Waals surface area contributed by atoms with Gasteiger partial charge in [-0.15, -0.1) is 11.3 Å². The Hall–Kier alpha value is -4.08. The van der Waals surface area contributed by atoms with Crippen LogP contribution in [-0.4, -0.2) is 125 Å². The molecule has 9 atom stereocenters. The smallest absolute Gasteiger partial charge is 0.411 e. The van der Waals surface area contributed by atoms with Crippen LogP contribution in [-0.2, 0) is 39.8 Å². The Morgan fingerprint density at radius 1 is 0.984 bits per heavy atom. The minimum absolute atomic E-state index is 0.00145. The molecule has 346 valence electrons.